The number of benzene rings is 2. The second kappa shape index (κ2) is 8.91. The van der Waals surface area contributed by atoms with Gasteiger partial charge in [0.25, 0.3) is 0 Å². The summed E-state index contributed by atoms with van der Waals surface area (Å²) in [6, 6.07) is 23.8. The van der Waals surface area contributed by atoms with Crippen molar-refractivity contribution in [2.75, 3.05) is 0 Å². The first-order valence-corrected chi connectivity index (χ1v) is 12.7. The van der Waals surface area contributed by atoms with Crippen LogP contribution in [0.15, 0.2) is 72.9 Å². The van der Waals surface area contributed by atoms with Crippen molar-refractivity contribution in [3.63, 3.8) is 0 Å². The summed E-state index contributed by atoms with van der Waals surface area (Å²) < 4.78 is 6.01. The lowest BCUT2D eigenvalue weighted by Crippen LogP contribution is -2.34. The molecule has 2 bridgehead atoms. The lowest BCUT2D eigenvalue weighted by Gasteiger charge is -2.39. The van der Waals surface area contributed by atoms with E-state index >= 15 is 0 Å². The van der Waals surface area contributed by atoms with Gasteiger partial charge in [-0.25, -0.2) is 0 Å². The van der Waals surface area contributed by atoms with Crippen molar-refractivity contribution in [2.45, 2.75) is 57.6 Å². The molecule has 0 saturated heterocycles. The quantitative estimate of drug-likeness (QED) is 0.335. The zero-order valence-corrected chi connectivity index (χ0v) is 20.3. The molecule has 2 saturated carbocycles. The van der Waals surface area contributed by atoms with Crippen LogP contribution >= 0.6 is 0 Å². The number of fused-ring (bicyclic) bond motifs is 2. The number of aromatic nitrogens is 5. The normalized spacial score (nSPS) is 23.2. The number of ether oxygens (including phenoxy) is 1. The predicted molar refractivity (Wildman–Crippen MR) is 135 cm³/mol. The number of nitrogens with zero attached hydrogens (tertiary/aromatic N) is 5. The molecule has 6 nitrogen and oxygen atoms in total. The first-order chi connectivity index (χ1) is 17.1. The first kappa shape index (κ1) is 22.0. The van der Waals surface area contributed by atoms with Crippen molar-refractivity contribution in [2.24, 2.45) is 11.8 Å². The zero-order chi connectivity index (χ0) is 23.8. The highest BCUT2D eigenvalue weighted by Crippen LogP contribution is 2.60. The van der Waals surface area contributed by atoms with Crippen molar-refractivity contribution in [3.8, 4) is 17.1 Å². The fourth-order valence-corrected chi connectivity index (χ4v) is 6.17. The summed E-state index contributed by atoms with van der Waals surface area (Å²) >= 11 is 0. The number of pyridine rings is 1. The maximum Gasteiger partial charge on any atom is 0.204 e. The molecule has 0 spiro atoms. The van der Waals surface area contributed by atoms with Crippen LogP contribution in [0.25, 0.3) is 11.4 Å². The van der Waals surface area contributed by atoms with Crippen molar-refractivity contribution < 1.29 is 4.74 Å². The summed E-state index contributed by atoms with van der Waals surface area (Å²) in [5.74, 6) is 3.06. The summed E-state index contributed by atoms with van der Waals surface area (Å²) in [6.07, 6.45) is 7.00. The van der Waals surface area contributed by atoms with Crippen LogP contribution in [-0.2, 0) is 12.0 Å². The largest absolute Gasteiger partial charge is 0.487 e. The summed E-state index contributed by atoms with van der Waals surface area (Å²) in [7, 11) is 0. The van der Waals surface area contributed by atoms with E-state index in [0.29, 0.717) is 18.3 Å². The minimum absolute atomic E-state index is 0.0595. The van der Waals surface area contributed by atoms with Crippen molar-refractivity contribution in [1.82, 2.24) is 25.2 Å². The van der Waals surface area contributed by atoms with Crippen LogP contribution in [0.1, 0.15) is 62.4 Å². The molecule has 35 heavy (non-hydrogen) atoms. The summed E-state index contributed by atoms with van der Waals surface area (Å²) in [4.78, 5) is 6.02. The molecule has 2 aliphatic carbocycles. The Bertz CT molecular complexity index is 1280. The van der Waals surface area contributed by atoms with Gasteiger partial charge in [-0.1, -0.05) is 48.9 Å². The second-order valence-electron chi connectivity index (χ2n) is 10.3. The molecule has 6 rings (SSSR count). The lowest BCUT2D eigenvalue weighted by atomic mass is 9.64. The molecule has 3 atom stereocenters. The van der Waals surface area contributed by atoms with Crippen molar-refractivity contribution in [1.29, 1.82) is 0 Å². The number of hydrogen-bond acceptors (Lipinski definition) is 5. The monoisotopic (exact) mass is 465 g/mol. The Labute approximate surface area is 206 Å². The van der Waals surface area contributed by atoms with Gasteiger partial charge in [-0.3, -0.25) is 4.98 Å². The Kier molecular flexibility index (Phi) is 5.59. The summed E-state index contributed by atoms with van der Waals surface area (Å²) in [6.45, 7) is 4.59. The topological polar surface area (TPSA) is 65.7 Å². The van der Waals surface area contributed by atoms with Gasteiger partial charge in [-0.05, 0) is 85.6 Å². The lowest BCUT2D eigenvalue weighted by molar-refractivity contribution is 0.299. The summed E-state index contributed by atoms with van der Waals surface area (Å²) in [5.41, 5.74) is 4.80. The van der Waals surface area contributed by atoms with Crippen LogP contribution in [0.5, 0.6) is 5.75 Å². The Morgan fingerprint density at radius 3 is 2.34 bits per heavy atom. The van der Waals surface area contributed by atoms with Crippen LogP contribution in [0, 0.1) is 11.8 Å². The molecule has 2 aromatic carbocycles. The molecule has 2 aliphatic rings. The van der Waals surface area contributed by atoms with E-state index in [-0.39, 0.29) is 11.5 Å². The van der Waals surface area contributed by atoms with E-state index in [9.17, 15) is 0 Å². The molecule has 4 aromatic rings. The Hall–Kier alpha value is -3.54. The standard InChI is InChI=1S/C29H31N5O/c1-20(2)34-32-28(31-33-34)22-7-10-23(11-8-22)29(18-21-6-9-25(29)17-21)24-12-14-27(15-13-24)35-19-26-5-3-4-16-30-26/h3-5,7-8,10-16,20-21,25H,6,9,17-19H2,1-2H3/t21-,25+,29+/m1/s1. The van der Waals surface area contributed by atoms with Crippen LogP contribution in [-0.4, -0.2) is 25.2 Å². The van der Waals surface area contributed by atoms with Gasteiger partial charge in [0.15, 0.2) is 0 Å². The fraction of sp³-hybridized carbons (Fsp3) is 0.379. The molecule has 0 amide bonds. The highest BCUT2D eigenvalue weighted by Gasteiger charge is 2.52. The van der Waals surface area contributed by atoms with Crippen LogP contribution in [0.4, 0.5) is 0 Å². The molecule has 0 N–H and O–H groups in total. The van der Waals surface area contributed by atoms with E-state index in [4.69, 9.17) is 4.74 Å². The molecule has 0 aliphatic heterocycles. The van der Waals surface area contributed by atoms with E-state index in [1.807, 2.05) is 18.2 Å². The maximum absolute atomic E-state index is 6.01. The molecule has 6 heteroatoms. The van der Waals surface area contributed by atoms with Crippen LogP contribution in [0.2, 0.25) is 0 Å². The molecule has 178 valence electrons. The van der Waals surface area contributed by atoms with Gasteiger partial charge in [0.05, 0.1) is 11.7 Å². The van der Waals surface area contributed by atoms with Gasteiger partial charge >= 0.3 is 0 Å². The molecule has 0 radical (unpaired) electrons. The predicted octanol–water partition coefficient (Wildman–Crippen LogP) is 6.00. The molecular formula is C29H31N5O. The number of tetrazole rings is 1. The maximum atomic E-state index is 6.01. The first-order valence-electron chi connectivity index (χ1n) is 12.7. The molecule has 2 fully saturated rings. The fourth-order valence-electron chi connectivity index (χ4n) is 6.17. The van der Waals surface area contributed by atoms with Gasteiger partial charge in [0, 0.05) is 17.2 Å². The number of rotatable bonds is 7. The Morgan fingerprint density at radius 1 is 0.971 bits per heavy atom. The van der Waals surface area contributed by atoms with Gasteiger partial charge in [0.1, 0.15) is 12.4 Å². The van der Waals surface area contributed by atoms with Gasteiger partial charge in [-0.15, -0.1) is 10.2 Å². The van der Waals surface area contributed by atoms with E-state index in [0.717, 1.165) is 22.9 Å². The second-order valence-corrected chi connectivity index (χ2v) is 10.3. The van der Waals surface area contributed by atoms with Gasteiger partial charge < -0.3 is 4.74 Å². The Morgan fingerprint density at radius 2 is 1.74 bits per heavy atom. The third-order valence-corrected chi connectivity index (χ3v) is 7.88. The number of hydrogen-bond donors (Lipinski definition) is 0. The van der Waals surface area contributed by atoms with E-state index in [1.54, 1.807) is 11.0 Å². The van der Waals surface area contributed by atoms with Crippen LogP contribution < -0.4 is 4.74 Å². The molecule has 2 aromatic heterocycles. The zero-order valence-electron chi connectivity index (χ0n) is 20.3. The van der Waals surface area contributed by atoms with Crippen LogP contribution in [0.3, 0.4) is 0 Å². The summed E-state index contributed by atoms with van der Waals surface area (Å²) in [5, 5.41) is 13.0. The molecule has 2 heterocycles. The van der Waals surface area contributed by atoms with Gasteiger partial charge in [-0.2, -0.15) is 4.80 Å². The minimum Gasteiger partial charge on any atom is -0.487 e. The van der Waals surface area contributed by atoms with Crippen molar-refractivity contribution >= 4 is 0 Å². The SMILES string of the molecule is CC(C)n1nnc(-c2ccc([C@]3(c4ccc(OCc5ccccn5)cc4)C[C@@H]4CC[C@H]3C4)cc2)n1. The average molecular weight is 466 g/mol. The van der Waals surface area contributed by atoms with E-state index in [1.165, 1.54) is 36.8 Å². The smallest absolute Gasteiger partial charge is 0.204 e. The minimum atomic E-state index is 0.0595. The van der Waals surface area contributed by atoms with E-state index in [2.05, 4.69) is 82.8 Å². The highest BCUT2D eigenvalue weighted by molar-refractivity contribution is 5.56. The van der Waals surface area contributed by atoms with Crippen molar-refractivity contribution in [3.05, 3.63) is 89.7 Å². The third-order valence-electron chi connectivity index (χ3n) is 7.88. The third kappa shape index (κ3) is 4.01. The van der Waals surface area contributed by atoms with E-state index < -0.39 is 0 Å². The van der Waals surface area contributed by atoms with Gasteiger partial charge in [0.2, 0.25) is 5.82 Å². The average Bonchev–Trinajstić information content (AvgIpc) is 3.66. The highest BCUT2D eigenvalue weighted by atomic mass is 16.5. The Balaban J connectivity index is 1.27. The molecular weight excluding hydrogens is 434 g/mol. The molecule has 0 unspecified atom stereocenters.